The van der Waals surface area contributed by atoms with Crippen LogP contribution < -0.4 is 11.2 Å². The number of carbonyl (C=O) groups is 1. The van der Waals surface area contributed by atoms with E-state index in [0.717, 1.165) is 23.9 Å². The summed E-state index contributed by atoms with van der Waals surface area (Å²) in [5.41, 5.74) is -1.38. The molecular weight excluding hydrogens is 355 g/mol. The highest BCUT2D eigenvalue weighted by Crippen LogP contribution is 2.36. The van der Waals surface area contributed by atoms with Crippen molar-refractivity contribution in [1.29, 1.82) is 0 Å². The molecule has 1 heterocycles. The molecule has 0 unspecified atom stereocenters. The average Bonchev–Trinajstić information content (AvgIpc) is 2.77. The number of nitrogen functional groups attached to an aromatic ring is 1. The first kappa shape index (κ1) is 17.4. The summed E-state index contributed by atoms with van der Waals surface area (Å²) in [6, 6.07) is 3.12. The van der Waals surface area contributed by atoms with Crippen molar-refractivity contribution in [2.45, 2.75) is 18.3 Å². The van der Waals surface area contributed by atoms with Crippen LogP contribution in [-0.2, 0) is 11.0 Å². The van der Waals surface area contributed by atoms with Gasteiger partial charge in [-0.15, -0.1) is 10.2 Å². The summed E-state index contributed by atoms with van der Waals surface area (Å²) >= 11 is 6.53. The SMILES string of the molecule is Cc1nnc(SCC(=O)Nc2ccc(Cl)cc2C(F)(F)F)n1N. The number of hydrogen-bond donors (Lipinski definition) is 2. The molecule has 0 atom stereocenters. The highest BCUT2D eigenvalue weighted by atomic mass is 35.5. The molecule has 0 saturated carbocycles. The second kappa shape index (κ2) is 6.67. The zero-order chi connectivity index (χ0) is 17.2. The summed E-state index contributed by atoms with van der Waals surface area (Å²) in [5.74, 6) is 5.26. The van der Waals surface area contributed by atoms with Gasteiger partial charge in [-0.05, 0) is 25.1 Å². The van der Waals surface area contributed by atoms with Gasteiger partial charge in [0.1, 0.15) is 5.82 Å². The third-order valence-electron chi connectivity index (χ3n) is 2.73. The summed E-state index contributed by atoms with van der Waals surface area (Å²) < 4.78 is 40.0. The molecule has 0 fully saturated rings. The van der Waals surface area contributed by atoms with Gasteiger partial charge in [-0.1, -0.05) is 23.4 Å². The normalized spacial score (nSPS) is 11.5. The number of hydrogen-bond acceptors (Lipinski definition) is 5. The Morgan fingerprint density at radius 1 is 1.43 bits per heavy atom. The minimum atomic E-state index is -4.63. The van der Waals surface area contributed by atoms with Gasteiger partial charge >= 0.3 is 6.18 Å². The van der Waals surface area contributed by atoms with Crippen molar-refractivity contribution in [3.8, 4) is 0 Å². The van der Waals surface area contributed by atoms with Crippen molar-refractivity contribution in [3.63, 3.8) is 0 Å². The van der Waals surface area contributed by atoms with E-state index in [9.17, 15) is 18.0 Å². The molecule has 1 aromatic heterocycles. The fourth-order valence-corrected chi connectivity index (χ4v) is 2.50. The molecule has 2 aromatic rings. The molecule has 6 nitrogen and oxygen atoms in total. The van der Waals surface area contributed by atoms with Crippen molar-refractivity contribution in [2.75, 3.05) is 16.9 Å². The summed E-state index contributed by atoms with van der Waals surface area (Å²) in [5, 5.41) is 9.86. The van der Waals surface area contributed by atoms with Crippen LogP contribution in [0.1, 0.15) is 11.4 Å². The number of nitrogens with two attached hydrogens (primary N) is 1. The molecule has 1 aromatic carbocycles. The molecular formula is C12H11ClF3N5OS. The van der Waals surface area contributed by atoms with Crippen molar-refractivity contribution in [1.82, 2.24) is 14.9 Å². The number of rotatable bonds is 4. The predicted molar refractivity (Wildman–Crippen MR) is 80.7 cm³/mol. The van der Waals surface area contributed by atoms with Gasteiger partial charge in [-0.2, -0.15) is 13.2 Å². The number of anilines is 1. The predicted octanol–water partition coefficient (Wildman–Crippen LogP) is 2.70. The Balaban J connectivity index is 2.07. The first-order valence-corrected chi connectivity index (χ1v) is 7.51. The topological polar surface area (TPSA) is 85.8 Å². The second-order valence-corrected chi connectivity index (χ2v) is 5.80. The molecule has 2 rings (SSSR count). The van der Waals surface area contributed by atoms with Gasteiger partial charge in [-0.3, -0.25) is 4.79 Å². The molecule has 0 aliphatic rings. The molecule has 0 radical (unpaired) electrons. The third-order valence-corrected chi connectivity index (χ3v) is 3.91. The number of carbonyl (C=O) groups excluding carboxylic acids is 1. The number of benzene rings is 1. The summed E-state index contributed by atoms with van der Waals surface area (Å²) in [6.45, 7) is 1.63. The Hall–Kier alpha value is -1.94. The van der Waals surface area contributed by atoms with Crippen LogP contribution >= 0.6 is 23.4 Å². The maximum Gasteiger partial charge on any atom is 0.418 e. The van der Waals surface area contributed by atoms with E-state index in [-0.39, 0.29) is 21.6 Å². The zero-order valence-electron chi connectivity index (χ0n) is 11.7. The smallest absolute Gasteiger partial charge is 0.336 e. The van der Waals surface area contributed by atoms with Gasteiger partial charge in [0.05, 0.1) is 17.0 Å². The van der Waals surface area contributed by atoms with E-state index in [1.54, 1.807) is 6.92 Å². The number of alkyl halides is 3. The lowest BCUT2D eigenvalue weighted by Gasteiger charge is -2.14. The first-order valence-electron chi connectivity index (χ1n) is 6.15. The third kappa shape index (κ3) is 4.29. The molecule has 0 aliphatic carbocycles. The number of nitrogens with one attached hydrogen (secondary N) is 1. The lowest BCUT2D eigenvalue weighted by molar-refractivity contribution is -0.137. The number of amides is 1. The Kier molecular flexibility index (Phi) is 5.05. The molecule has 1 amide bonds. The average molecular weight is 366 g/mol. The van der Waals surface area contributed by atoms with E-state index in [1.807, 2.05) is 0 Å². The van der Waals surface area contributed by atoms with Crippen LogP contribution in [-0.4, -0.2) is 26.5 Å². The maximum atomic E-state index is 12.9. The van der Waals surface area contributed by atoms with Crippen LogP contribution in [0.15, 0.2) is 23.4 Å². The van der Waals surface area contributed by atoms with E-state index in [4.69, 9.17) is 17.4 Å². The molecule has 23 heavy (non-hydrogen) atoms. The highest BCUT2D eigenvalue weighted by molar-refractivity contribution is 7.99. The van der Waals surface area contributed by atoms with Crippen molar-refractivity contribution < 1.29 is 18.0 Å². The van der Waals surface area contributed by atoms with Gasteiger partial charge in [0.15, 0.2) is 0 Å². The maximum absolute atomic E-state index is 12.9. The van der Waals surface area contributed by atoms with Crippen molar-refractivity contribution in [2.24, 2.45) is 0 Å². The standard InChI is InChI=1S/C12H11ClF3N5OS/c1-6-19-20-11(21(6)17)23-5-10(22)18-9-3-2-7(13)4-8(9)12(14,15)16/h2-4H,5,17H2,1H3,(H,18,22). The van der Waals surface area contributed by atoms with E-state index < -0.39 is 17.6 Å². The van der Waals surface area contributed by atoms with Crippen LogP contribution in [0.25, 0.3) is 0 Å². The Bertz CT molecular complexity index is 734. The lowest BCUT2D eigenvalue weighted by Crippen LogP contribution is -2.19. The van der Waals surface area contributed by atoms with Gasteiger partial charge in [0, 0.05) is 5.02 Å². The molecule has 124 valence electrons. The number of thioether (sulfide) groups is 1. The van der Waals surface area contributed by atoms with Crippen LogP contribution in [0.2, 0.25) is 5.02 Å². The molecule has 11 heteroatoms. The largest absolute Gasteiger partial charge is 0.418 e. The fraction of sp³-hybridized carbons (Fsp3) is 0.250. The Morgan fingerprint density at radius 3 is 2.70 bits per heavy atom. The van der Waals surface area contributed by atoms with Crippen LogP contribution in [0.5, 0.6) is 0 Å². The number of halogens is 4. The lowest BCUT2D eigenvalue weighted by atomic mass is 10.1. The monoisotopic (exact) mass is 365 g/mol. The van der Waals surface area contributed by atoms with Gasteiger partial charge in [0.2, 0.25) is 11.1 Å². The van der Waals surface area contributed by atoms with Gasteiger partial charge in [-0.25, -0.2) is 4.68 Å². The molecule has 0 saturated heterocycles. The fourth-order valence-electron chi connectivity index (χ4n) is 1.62. The quantitative estimate of drug-likeness (QED) is 0.642. The molecule has 0 aliphatic heterocycles. The first-order chi connectivity index (χ1) is 10.7. The Morgan fingerprint density at radius 2 is 2.13 bits per heavy atom. The summed E-state index contributed by atoms with van der Waals surface area (Å²) in [6.07, 6.45) is -4.63. The van der Waals surface area contributed by atoms with Crippen LogP contribution in [0.3, 0.4) is 0 Å². The zero-order valence-corrected chi connectivity index (χ0v) is 13.3. The van der Waals surface area contributed by atoms with Gasteiger partial charge < -0.3 is 11.2 Å². The van der Waals surface area contributed by atoms with Crippen LogP contribution in [0, 0.1) is 6.92 Å². The number of aryl methyl sites for hydroxylation is 1. The number of aromatic nitrogens is 3. The second-order valence-electron chi connectivity index (χ2n) is 4.42. The molecule has 0 spiro atoms. The summed E-state index contributed by atoms with van der Waals surface area (Å²) in [7, 11) is 0. The van der Waals surface area contributed by atoms with E-state index >= 15 is 0 Å². The van der Waals surface area contributed by atoms with E-state index in [0.29, 0.717) is 5.82 Å². The minimum Gasteiger partial charge on any atom is -0.336 e. The highest BCUT2D eigenvalue weighted by Gasteiger charge is 2.34. The van der Waals surface area contributed by atoms with Gasteiger partial charge in [0.25, 0.3) is 0 Å². The van der Waals surface area contributed by atoms with Crippen LogP contribution in [0.4, 0.5) is 18.9 Å². The van der Waals surface area contributed by atoms with Crippen molar-refractivity contribution in [3.05, 3.63) is 34.6 Å². The Labute approximate surface area is 138 Å². The van der Waals surface area contributed by atoms with E-state index in [2.05, 4.69) is 15.5 Å². The molecule has 3 N–H and O–H groups in total. The molecule has 0 bridgehead atoms. The number of nitrogens with zero attached hydrogens (tertiary/aromatic N) is 3. The summed E-state index contributed by atoms with van der Waals surface area (Å²) in [4.78, 5) is 11.8. The van der Waals surface area contributed by atoms with Crippen molar-refractivity contribution >= 4 is 35.0 Å². The minimum absolute atomic E-state index is 0.0728. The van der Waals surface area contributed by atoms with E-state index in [1.165, 1.54) is 10.7 Å².